The Morgan fingerprint density at radius 1 is 1.27 bits per heavy atom. The van der Waals surface area contributed by atoms with Gasteiger partial charge in [-0.25, -0.2) is 4.79 Å². The Labute approximate surface area is 156 Å². The Balaban J connectivity index is 2.01. The van der Waals surface area contributed by atoms with E-state index in [1.165, 1.54) is 6.42 Å². The number of aromatic amines is 1. The molecule has 6 heteroatoms. The molecule has 146 valence electrons. The SMILES string of the molecule is CCOC(=O)c1c(C)[nH]c(C(=O)NC(C)CN2CC(C)CC(C)C2)c1C. The molecular weight excluding hydrogens is 330 g/mol. The van der Waals surface area contributed by atoms with E-state index in [1.807, 2.05) is 6.92 Å². The van der Waals surface area contributed by atoms with Gasteiger partial charge < -0.3 is 19.9 Å². The maximum atomic E-state index is 12.7. The molecule has 3 unspecified atom stereocenters. The molecule has 1 aromatic rings. The number of hydrogen-bond donors (Lipinski definition) is 2. The van der Waals surface area contributed by atoms with Crippen LogP contribution in [0.4, 0.5) is 0 Å². The third kappa shape index (κ3) is 4.87. The van der Waals surface area contributed by atoms with Gasteiger partial charge in [0.25, 0.3) is 5.91 Å². The van der Waals surface area contributed by atoms with Crippen LogP contribution in [0.3, 0.4) is 0 Å². The number of esters is 1. The van der Waals surface area contributed by atoms with Crippen molar-refractivity contribution in [3.05, 3.63) is 22.5 Å². The largest absolute Gasteiger partial charge is 0.462 e. The minimum atomic E-state index is -0.387. The molecule has 2 rings (SSSR count). The molecule has 2 heterocycles. The molecule has 0 radical (unpaired) electrons. The van der Waals surface area contributed by atoms with Crippen LogP contribution in [0.15, 0.2) is 0 Å². The Morgan fingerprint density at radius 3 is 2.46 bits per heavy atom. The van der Waals surface area contributed by atoms with E-state index < -0.39 is 0 Å². The number of aryl methyl sites for hydroxylation is 1. The van der Waals surface area contributed by atoms with Crippen molar-refractivity contribution in [3.8, 4) is 0 Å². The van der Waals surface area contributed by atoms with Crippen LogP contribution in [0.1, 0.15) is 66.2 Å². The molecule has 1 saturated heterocycles. The number of ether oxygens (including phenoxy) is 1. The summed E-state index contributed by atoms with van der Waals surface area (Å²) in [5.74, 6) is 0.832. The first-order valence-corrected chi connectivity index (χ1v) is 9.62. The third-order valence-corrected chi connectivity index (χ3v) is 5.00. The van der Waals surface area contributed by atoms with E-state index in [0.29, 0.717) is 41.0 Å². The molecule has 0 aliphatic carbocycles. The lowest BCUT2D eigenvalue weighted by molar-refractivity contribution is 0.0525. The number of carbonyl (C=O) groups excluding carboxylic acids is 2. The molecule has 1 aliphatic rings. The molecule has 0 bridgehead atoms. The highest BCUT2D eigenvalue weighted by molar-refractivity contribution is 6.00. The molecule has 1 aliphatic heterocycles. The van der Waals surface area contributed by atoms with Crippen LogP contribution in [-0.2, 0) is 4.74 Å². The van der Waals surface area contributed by atoms with Crippen molar-refractivity contribution in [2.45, 2.75) is 54.0 Å². The van der Waals surface area contributed by atoms with Crippen LogP contribution in [0, 0.1) is 25.7 Å². The quantitative estimate of drug-likeness (QED) is 0.762. The predicted molar refractivity (Wildman–Crippen MR) is 103 cm³/mol. The van der Waals surface area contributed by atoms with Crippen LogP contribution < -0.4 is 5.32 Å². The van der Waals surface area contributed by atoms with Crippen LogP contribution in [0.5, 0.6) is 0 Å². The highest BCUT2D eigenvalue weighted by Gasteiger charge is 2.26. The standard InChI is InChI=1S/C20H33N3O3/c1-7-26-20(25)17-15(5)18(22-16(17)6)19(24)21-14(4)11-23-9-12(2)8-13(3)10-23/h12-14,22H,7-11H2,1-6H3,(H,21,24). The van der Waals surface area contributed by atoms with Crippen molar-refractivity contribution >= 4 is 11.9 Å². The first kappa shape index (κ1) is 20.5. The van der Waals surface area contributed by atoms with Gasteiger partial charge in [0.05, 0.1) is 12.2 Å². The molecule has 3 atom stereocenters. The maximum absolute atomic E-state index is 12.7. The van der Waals surface area contributed by atoms with Gasteiger partial charge >= 0.3 is 5.97 Å². The summed E-state index contributed by atoms with van der Waals surface area (Å²) in [6.45, 7) is 15.3. The minimum Gasteiger partial charge on any atom is -0.462 e. The van der Waals surface area contributed by atoms with Crippen molar-refractivity contribution in [1.29, 1.82) is 0 Å². The average Bonchev–Trinajstić information content (AvgIpc) is 2.81. The number of H-pyrrole nitrogens is 1. The summed E-state index contributed by atoms with van der Waals surface area (Å²) in [6, 6.07) is 0.0362. The van der Waals surface area contributed by atoms with Crippen LogP contribution in [-0.4, -0.2) is 54.0 Å². The van der Waals surface area contributed by atoms with Crippen molar-refractivity contribution in [3.63, 3.8) is 0 Å². The van der Waals surface area contributed by atoms with Gasteiger partial charge in [0, 0.05) is 31.4 Å². The van der Waals surface area contributed by atoms with Gasteiger partial charge in [-0.15, -0.1) is 0 Å². The first-order chi connectivity index (χ1) is 12.2. The van der Waals surface area contributed by atoms with Gasteiger partial charge in [0.2, 0.25) is 0 Å². The Kier molecular flexibility index (Phi) is 6.87. The number of nitrogens with zero attached hydrogens (tertiary/aromatic N) is 1. The molecule has 1 amide bonds. The third-order valence-electron chi connectivity index (χ3n) is 5.00. The van der Waals surface area contributed by atoms with Crippen molar-refractivity contribution in [1.82, 2.24) is 15.2 Å². The lowest BCUT2D eigenvalue weighted by atomic mass is 9.92. The number of rotatable bonds is 6. The van der Waals surface area contributed by atoms with Gasteiger partial charge in [-0.3, -0.25) is 4.79 Å². The Hall–Kier alpha value is -1.82. The minimum absolute atomic E-state index is 0.0362. The Bertz CT molecular complexity index is 643. The van der Waals surface area contributed by atoms with E-state index in [-0.39, 0.29) is 17.9 Å². The van der Waals surface area contributed by atoms with Gasteiger partial charge in [-0.1, -0.05) is 13.8 Å². The number of nitrogens with one attached hydrogen (secondary N) is 2. The number of carbonyl (C=O) groups is 2. The zero-order chi connectivity index (χ0) is 19.4. The van der Waals surface area contributed by atoms with Crippen molar-refractivity contribution < 1.29 is 14.3 Å². The average molecular weight is 364 g/mol. The number of aromatic nitrogens is 1. The Morgan fingerprint density at radius 2 is 1.88 bits per heavy atom. The van der Waals surface area contributed by atoms with Gasteiger partial charge in [0.15, 0.2) is 0 Å². The summed E-state index contributed by atoms with van der Waals surface area (Å²) in [5, 5.41) is 3.06. The summed E-state index contributed by atoms with van der Waals surface area (Å²) in [6.07, 6.45) is 1.27. The maximum Gasteiger partial charge on any atom is 0.340 e. The smallest absolute Gasteiger partial charge is 0.340 e. The fourth-order valence-electron chi connectivity index (χ4n) is 4.16. The van der Waals surface area contributed by atoms with Crippen LogP contribution in [0.2, 0.25) is 0 Å². The van der Waals surface area contributed by atoms with Crippen LogP contribution >= 0.6 is 0 Å². The number of likely N-dealkylation sites (tertiary alicyclic amines) is 1. The molecule has 0 saturated carbocycles. The summed E-state index contributed by atoms with van der Waals surface area (Å²) >= 11 is 0. The zero-order valence-electron chi connectivity index (χ0n) is 16.9. The fraction of sp³-hybridized carbons (Fsp3) is 0.700. The van der Waals surface area contributed by atoms with E-state index in [4.69, 9.17) is 4.74 Å². The normalized spacial score (nSPS) is 22.1. The monoisotopic (exact) mass is 363 g/mol. The van der Waals surface area contributed by atoms with E-state index in [9.17, 15) is 9.59 Å². The van der Waals surface area contributed by atoms with E-state index >= 15 is 0 Å². The van der Waals surface area contributed by atoms with Crippen molar-refractivity contribution in [2.24, 2.45) is 11.8 Å². The van der Waals surface area contributed by atoms with E-state index in [0.717, 1.165) is 19.6 Å². The van der Waals surface area contributed by atoms with Gasteiger partial charge in [0.1, 0.15) is 5.69 Å². The van der Waals surface area contributed by atoms with E-state index in [2.05, 4.69) is 29.0 Å². The highest BCUT2D eigenvalue weighted by Crippen LogP contribution is 2.21. The molecule has 6 nitrogen and oxygen atoms in total. The van der Waals surface area contributed by atoms with Gasteiger partial charge in [-0.2, -0.15) is 0 Å². The first-order valence-electron chi connectivity index (χ1n) is 9.62. The number of piperidine rings is 1. The van der Waals surface area contributed by atoms with E-state index in [1.54, 1.807) is 20.8 Å². The lowest BCUT2D eigenvalue weighted by Gasteiger charge is -2.36. The second-order valence-corrected chi connectivity index (χ2v) is 7.88. The number of hydrogen-bond acceptors (Lipinski definition) is 4. The molecule has 0 aromatic carbocycles. The zero-order valence-corrected chi connectivity index (χ0v) is 16.9. The van der Waals surface area contributed by atoms with Crippen LogP contribution in [0.25, 0.3) is 0 Å². The van der Waals surface area contributed by atoms with Gasteiger partial charge in [-0.05, 0) is 51.5 Å². The lowest BCUT2D eigenvalue weighted by Crippen LogP contribution is -2.47. The molecule has 2 N–H and O–H groups in total. The fourth-order valence-corrected chi connectivity index (χ4v) is 4.16. The molecule has 0 spiro atoms. The summed E-state index contributed by atoms with van der Waals surface area (Å²) in [7, 11) is 0. The molecule has 26 heavy (non-hydrogen) atoms. The highest BCUT2D eigenvalue weighted by atomic mass is 16.5. The topological polar surface area (TPSA) is 74.4 Å². The second-order valence-electron chi connectivity index (χ2n) is 7.88. The number of amides is 1. The summed E-state index contributed by atoms with van der Waals surface area (Å²) < 4.78 is 5.09. The molecule has 1 aromatic heterocycles. The van der Waals surface area contributed by atoms with Crippen molar-refractivity contribution in [2.75, 3.05) is 26.2 Å². The summed E-state index contributed by atoms with van der Waals surface area (Å²) in [5.41, 5.74) is 2.21. The second kappa shape index (κ2) is 8.71. The molecular formula is C20H33N3O3. The predicted octanol–water partition coefficient (Wildman–Crippen LogP) is 2.90. The summed E-state index contributed by atoms with van der Waals surface area (Å²) in [4.78, 5) is 30.2. The molecule has 1 fully saturated rings.